The molecule has 1 fully saturated rings. The summed E-state index contributed by atoms with van der Waals surface area (Å²) in [6, 6.07) is 23.3. The summed E-state index contributed by atoms with van der Waals surface area (Å²) < 4.78 is 17.3. The minimum Gasteiger partial charge on any atom is -0.478 e. The second kappa shape index (κ2) is 9.90. The maximum Gasteiger partial charge on any atom is 0.339 e. The molecule has 3 aromatic rings. The maximum atomic E-state index is 13.9. The van der Waals surface area contributed by atoms with Gasteiger partial charge < -0.3 is 14.2 Å². The fourth-order valence-electron chi connectivity index (χ4n) is 5.96. The van der Waals surface area contributed by atoms with Gasteiger partial charge in [0.2, 0.25) is 5.54 Å². The number of benzene rings is 3. The van der Waals surface area contributed by atoms with E-state index < -0.39 is 46.0 Å². The quantitative estimate of drug-likeness (QED) is 0.216. The largest absolute Gasteiger partial charge is 0.478 e. The Morgan fingerprint density at radius 2 is 1.39 bits per heavy atom. The first-order valence-corrected chi connectivity index (χ1v) is 12.5. The summed E-state index contributed by atoms with van der Waals surface area (Å²) in [6.45, 7) is 3.17. The van der Waals surface area contributed by atoms with Crippen molar-refractivity contribution in [3.05, 3.63) is 112 Å². The number of carbonyl (C=O) groups is 2. The molecule has 38 heavy (non-hydrogen) atoms. The summed E-state index contributed by atoms with van der Waals surface area (Å²) in [7, 11) is 0. The zero-order valence-electron chi connectivity index (χ0n) is 21.0. The van der Waals surface area contributed by atoms with Gasteiger partial charge >= 0.3 is 11.9 Å². The van der Waals surface area contributed by atoms with Crippen molar-refractivity contribution >= 4 is 11.9 Å². The van der Waals surface area contributed by atoms with E-state index in [2.05, 4.69) is 5.32 Å². The van der Waals surface area contributed by atoms with Crippen molar-refractivity contribution in [3.8, 4) is 5.75 Å². The number of fused-ring (bicyclic) bond motifs is 3. The van der Waals surface area contributed by atoms with E-state index in [-0.39, 0.29) is 13.2 Å². The first kappa shape index (κ1) is 25.4. The highest BCUT2D eigenvalue weighted by atomic mass is 16.6. The van der Waals surface area contributed by atoms with E-state index in [0.717, 1.165) is 0 Å². The third kappa shape index (κ3) is 3.57. The van der Waals surface area contributed by atoms with Gasteiger partial charge in [-0.1, -0.05) is 78.9 Å². The van der Waals surface area contributed by atoms with Gasteiger partial charge in [0.05, 0.1) is 13.2 Å². The lowest BCUT2D eigenvalue weighted by atomic mass is 9.63. The standard InChI is InChI=1S/C29H28N2O7/c1-3-36-26(32)28(27(33)37-4-2)23-21-17-11-12-18-22(21)38-25(20-15-9-6-10-16-20)29(23,31(34)35)24(30-28)19-13-7-5-8-14-19/h5-18,23-25,30H,3-4H2,1-2H3/t23-,24+,25-,29+/m0/s1. The van der Waals surface area contributed by atoms with Crippen LogP contribution in [0.2, 0.25) is 0 Å². The molecule has 4 atom stereocenters. The van der Waals surface area contributed by atoms with Crippen LogP contribution >= 0.6 is 0 Å². The monoisotopic (exact) mass is 516 g/mol. The highest BCUT2D eigenvalue weighted by molar-refractivity contribution is 6.07. The topological polar surface area (TPSA) is 117 Å². The highest BCUT2D eigenvalue weighted by Crippen LogP contribution is 2.63. The van der Waals surface area contributed by atoms with Gasteiger partial charge in [-0.15, -0.1) is 0 Å². The predicted octanol–water partition coefficient (Wildman–Crippen LogP) is 4.13. The number of hydrogen-bond donors (Lipinski definition) is 1. The van der Waals surface area contributed by atoms with Gasteiger partial charge in [0, 0.05) is 10.5 Å². The van der Waals surface area contributed by atoms with Crippen molar-refractivity contribution in [2.24, 2.45) is 0 Å². The molecular weight excluding hydrogens is 488 g/mol. The number of nitrogens with zero attached hydrogens (tertiary/aromatic N) is 1. The van der Waals surface area contributed by atoms with E-state index >= 15 is 0 Å². The molecule has 2 heterocycles. The molecule has 0 unspecified atom stereocenters. The summed E-state index contributed by atoms with van der Waals surface area (Å²) in [5.74, 6) is -2.85. The van der Waals surface area contributed by atoms with Gasteiger partial charge in [-0.25, -0.2) is 9.59 Å². The van der Waals surface area contributed by atoms with Crippen LogP contribution in [0.5, 0.6) is 5.75 Å². The second-order valence-electron chi connectivity index (χ2n) is 9.26. The van der Waals surface area contributed by atoms with Crippen LogP contribution in [0.1, 0.15) is 48.6 Å². The smallest absolute Gasteiger partial charge is 0.339 e. The predicted molar refractivity (Wildman–Crippen MR) is 137 cm³/mol. The number of hydrogen-bond acceptors (Lipinski definition) is 8. The second-order valence-corrected chi connectivity index (χ2v) is 9.26. The summed E-state index contributed by atoms with van der Waals surface area (Å²) >= 11 is 0. The number of esters is 2. The van der Waals surface area contributed by atoms with Crippen LogP contribution in [-0.2, 0) is 19.1 Å². The Balaban J connectivity index is 1.91. The normalized spacial score (nSPS) is 24.8. The molecule has 3 aromatic carbocycles. The molecule has 0 amide bonds. The van der Waals surface area contributed by atoms with Gasteiger partial charge in [0.15, 0.2) is 6.10 Å². The Kier molecular flexibility index (Phi) is 6.62. The van der Waals surface area contributed by atoms with Crippen LogP contribution in [0.3, 0.4) is 0 Å². The number of carbonyl (C=O) groups excluding carboxylic acids is 2. The van der Waals surface area contributed by atoms with Gasteiger partial charge in [0.1, 0.15) is 17.7 Å². The molecule has 2 aliphatic heterocycles. The van der Waals surface area contributed by atoms with E-state index in [1.807, 2.05) is 0 Å². The molecule has 9 nitrogen and oxygen atoms in total. The first-order chi connectivity index (χ1) is 18.4. The molecule has 196 valence electrons. The SMILES string of the molecule is CCOC(=O)C1(C(=O)OCC)N[C@H](c2ccccc2)[C@@]2([N+](=O)[O-])[C@H](c3ccccc3)Oc3ccccc3[C@@H]12. The minimum absolute atomic E-state index is 0.0316. The third-order valence-electron chi connectivity index (χ3n) is 7.37. The Morgan fingerprint density at radius 3 is 1.95 bits per heavy atom. The Morgan fingerprint density at radius 1 is 0.868 bits per heavy atom. The van der Waals surface area contributed by atoms with Crippen LogP contribution in [-0.4, -0.2) is 41.2 Å². The fourth-order valence-corrected chi connectivity index (χ4v) is 5.96. The number of ether oxygens (including phenoxy) is 3. The molecule has 0 bridgehead atoms. The van der Waals surface area contributed by atoms with Crippen molar-refractivity contribution in [1.82, 2.24) is 5.32 Å². The number of rotatable bonds is 7. The molecule has 1 N–H and O–H groups in total. The first-order valence-electron chi connectivity index (χ1n) is 12.5. The average Bonchev–Trinajstić information content (AvgIpc) is 3.29. The van der Waals surface area contributed by atoms with Gasteiger partial charge in [0.25, 0.3) is 5.54 Å². The number of nitro groups is 1. The molecule has 9 heteroatoms. The van der Waals surface area contributed by atoms with Crippen molar-refractivity contribution in [2.75, 3.05) is 13.2 Å². The van der Waals surface area contributed by atoms with Crippen LogP contribution in [0.25, 0.3) is 0 Å². The van der Waals surface area contributed by atoms with Crippen LogP contribution in [0.15, 0.2) is 84.9 Å². The molecule has 0 aromatic heterocycles. The van der Waals surface area contributed by atoms with Crippen molar-refractivity contribution < 1.29 is 28.7 Å². The average molecular weight is 517 g/mol. The molecular formula is C29H28N2O7. The van der Waals surface area contributed by atoms with Gasteiger partial charge in [-0.2, -0.15) is 0 Å². The fraction of sp³-hybridized carbons (Fsp3) is 0.310. The number of para-hydroxylation sites is 1. The minimum atomic E-state index is -2.22. The summed E-state index contributed by atoms with van der Waals surface area (Å²) in [6.07, 6.45) is -1.16. The lowest BCUT2D eigenvalue weighted by molar-refractivity contribution is -0.591. The van der Waals surface area contributed by atoms with Gasteiger partial charge in [-0.3, -0.25) is 15.4 Å². The van der Waals surface area contributed by atoms with E-state index in [4.69, 9.17) is 14.2 Å². The van der Waals surface area contributed by atoms with E-state index in [1.165, 1.54) is 0 Å². The van der Waals surface area contributed by atoms with E-state index in [9.17, 15) is 19.7 Å². The van der Waals surface area contributed by atoms with Crippen molar-refractivity contribution in [2.45, 2.75) is 43.0 Å². The maximum absolute atomic E-state index is 13.9. The van der Waals surface area contributed by atoms with Crippen LogP contribution < -0.4 is 10.1 Å². The number of nitrogens with one attached hydrogen (secondary N) is 1. The highest BCUT2D eigenvalue weighted by Gasteiger charge is 2.82. The lowest BCUT2D eigenvalue weighted by Crippen LogP contribution is -2.62. The molecule has 2 aliphatic rings. The summed E-state index contributed by atoms with van der Waals surface area (Å²) in [5, 5.41) is 16.7. The molecule has 5 rings (SSSR count). The molecule has 0 saturated carbocycles. The van der Waals surface area contributed by atoms with Gasteiger partial charge in [-0.05, 0) is 31.0 Å². The molecule has 1 saturated heterocycles. The Hall–Kier alpha value is -4.24. The summed E-state index contributed by atoms with van der Waals surface area (Å²) in [5.41, 5.74) is -2.85. The Labute approximate surface area is 219 Å². The third-order valence-corrected chi connectivity index (χ3v) is 7.37. The van der Waals surface area contributed by atoms with E-state index in [0.29, 0.717) is 22.4 Å². The molecule has 0 radical (unpaired) electrons. The molecule has 0 spiro atoms. The van der Waals surface area contributed by atoms with Crippen molar-refractivity contribution in [1.29, 1.82) is 0 Å². The lowest BCUT2D eigenvalue weighted by Gasteiger charge is -2.43. The zero-order chi connectivity index (χ0) is 26.9. The van der Waals surface area contributed by atoms with Crippen molar-refractivity contribution in [3.63, 3.8) is 0 Å². The summed E-state index contributed by atoms with van der Waals surface area (Å²) in [4.78, 5) is 40.9. The Bertz CT molecular complexity index is 1330. The van der Waals surface area contributed by atoms with Crippen LogP contribution in [0.4, 0.5) is 0 Å². The zero-order valence-corrected chi connectivity index (χ0v) is 21.0. The van der Waals surface area contributed by atoms with Crippen LogP contribution in [0, 0.1) is 10.1 Å². The van der Waals surface area contributed by atoms with E-state index in [1.54, 1.807) is 98.8 Å². The molecule has 0 aliphatic carbocycles.